The van der Waals surface area contributed by atoms with Crippen LogP contribution in [-0.2, 0) is 0 Å². The van der Waals surface area contributed by atoms with Gasteiger partial charge < -0.3 is 0 Å². The second-order valence-electron chi connectivity index (χ2n) is 8.61. The summed E-state index contributed by atoms with van der Waals surface area (Å²) in [5.41, 5.74) is 7.72. The summed E-state index contributed by atoms with van der Waals surface area (Å²) in [6.45, 7) is 0. The van der Waals surface area contributed by atoms with Gasteiger partial charge in [-0.2, -0.15) is 0 Å². The molecule has 0 unspecified atom stereocenters. The monoisotopic (exact) mass is 519 g/mol. The van der Waals surface area contributed by atoms with Crippen molar-refractivity contribution in [3.05, 3.63) is 125 Å². The van der Waals surface area contributed by atoms with Crippen LogP contribution in [0, 0.1) is 0 Å². The van der Waals surface area contributed by atoms with E-state index in [4.69, 9.17) is 23.2 Å². The Morgan fingerprint density at radius 2 is 1.22 bits per heavy atom. The first-order chi connectivity index (χ1) is 18.1. The lowest BCUT2D eigenvalue weighted by molar-refractivity contribution is 0.112. The molecular formula is C31H19Cl2N3O. The minimum atomic E-state index is 0.614. The molecule has 178 valence electrons. The van der Waals surface area contributed by atoms with E-state index in [1.165, 1.54) is 0 Å². The average Bonchev–Trinajstić information content (AvgIpc) is 3.37. The zero-order valence-electron chi connectivity index (χ0n) is 19.5. The molecule has 6 rings (SSSR count). The van der Waals surface area contributed by atoms with Crippen molar-refractivity contribution in [1.82, 2.24) is 14.6 Å². The van der Waals surface area contributed by atoms with Gasteiger partial charge in [-0.25, -0.2) is 0 Å². The van der Waals surface area contributed by atoms with Gasteiger partial charge in [0.15, 0.2) is 11.5 Å². The van der Waals surface area contributed by atoms with Crippen LogP contribution in [0.1, 0.15) is 10.4 Å². The molecular weight excluding hydrogens is 501 g/mol. The summed E-state index contributed by atoms with van der Waals surface area (Å²) < 4.78 is 1.91. The third-order valence-electron chi connectivity index (χ3n) is 6.40. The lowest BCUT2D eigenvalue weighted by Gasteiger charge is -2.14. The van der Waals surface area contributed by atoms with Gasteiger partial charge in [-0.05, 0) is 23.3 Å². The number of benzene rings is 4. The van der Waals surface area contributed by atoms with Gasteiger partial charge >= 0.3 is 0 Å². The van der Waals surface area contributed by atoms with Crippen LogP contribution in [0.5, 0.6) is 0 Å². The third kappa shape index (κ3) is 4.20. The van der Waals surface area contributed by atoms with E-state index >= 15 is 0 Å². The Morgan fingerprint density at radius 3 is 1.86 bits per heavy atom. The quantitative estimate of drug-likeness (QED) is 0.214. The Hall–Kier alpha value is -4.25. The summed E-state index contributed by atoms with van der Waals surface area (Å²) in [6.07, 6.45) is 2.75. The van der Waals surface area contributed by atoms with Crippen LogP contribution >= 0.6 is 23.2 Å². The molecule has 2 aromatic heterocycles. The SMILES string of the molecule is O=Cc1ccc(-c2nnc3cc(-c4cccc(-c5cccc(-c6ccccc6)c5Cl)c4Cl)ccn23)cc1. The zero-order valence-corrected chi connectivity index (χ0v) is 21.0. The van der Waals surface area contributed by atoms with Crippen molar-refractivity contribution in [1.29, 1.82) is 0 Å². The highest BCUT2D eigenvalue weighted by Gasteiger charge is 2.16. The van der Waals surface area contributed by atoms with E-state index in [1.54, 1.807) is 12.1 Å². The van der Waals surface area contributed by atoms with Gasteiger partial charge in [0.1, 0.15) is 6.29 Å². The standard InChI is InChI=1S/C31H19Cl2N3O/c32-29-24(21-6-2-1-3-7-21)8-4-10-26(29)27-11-5-9-25(30(27)33)23-16-17-36-28(18-23)34-35-31(36)22-14-12-20(19-37)13-15-22/h1-19H. The Balaban J connectivity index is 1.41. The highest BCUT2D eigenvalue weighted by atomic mass is 35.5. The Morgan fingerprint density at radius 1 is 0.595 bits per heavy atom. The van der Waals surface area contributed by atoms with Gasteiger partial charge in [-0.1, -0.05) is 114 Å². The normalized spacial score (nSPS) is 11.1. The molecule has 37 heavy (non-hydrogen) atoms. The molecule has 0 aliphatic rings. The van der Waals surface area contributed by atoms with Crippen molar-refractivity contribution in [3.8, 4) is 44.8 Å². The van der Waals surface area contributed by atoms with Gasteiger partial charge in [-0.15, -0.1) is 10.2 Å². The van der Waals surface area contributed by atoms with Crippen molar-refractivity contribution in [2.24, 2.45) is 0 Å². The number of carbonyl (C=O) groups excluding carboxylic acids is 1. The summed E-state index contributed by atoms with van der Waals surface area (Å²) in [7, 11) is 0. The van der Waals surface area contributed by atoms with Crippen molar-refractivity contribution >= 4 is 35.1 Å². The van der Waals surface area contributed by atoms with Crippen LogP contribution in [0.25, 0.3) is 50.4 Å². The summed E-state index contributed by atoms with van der Waals surface area (Å²) in [5.74, 6) is 0.698. The second-order valence-corrected chi connectivity index (χ2v) is 9.36. The summed E-state index contributed by atoms with van der Waals surface area (Å²) >= 11 is 13.9. The van der Waals surface area contributed by atoms with Gasteiger partial charge in [-0.3, -0.25) is 9.20 Å². The van der Waals surface area contributed by atoms with Crippen molar-refractivity contribution in [3.63, 3.8) is 0 Å². The van der Waals surface area contributed by atoms with Crippen molar-refractivity contribution in [2.45, 2.75) is 0 Å². The highest BCUT2D eigenvalue weighted by molar-refractivity contribution is 6.39. The zero-order chi connectivity index (χ0) is 25.4. The first kappa shape index (κ1) is 23.2. The maximum absolute atomic E-state index is 11.0. The topological polar surface area (TPSA) is 47.3 Å². The second kappa shape index (κ2) is 9.66. The number of halogens is 2. The number of pyridine rings is 1. The lowest BCUT2D eigenvalue weighted by Crippen LogP contribution is -1.92. The van der Waals surface area contributed by atoms with Gasteiger partial charge in [0.2, 0.25) is 0 Å². The molecule has 4 aromatic carbocycles. The summed E-state index contributed by atoms with van der Waals surface area (Å²) in [6, 6.07) is 33.2. The predicted molar refractivity (Wildman–Crippen MR) is 150 cm³/mol. The molecule has 0 spiro atoms. The molecule has 0 saturated carbocycles. The van der Waals surface area contributed by atoms with Crippen molar-refractivity contribution < 1.29 is 4.79 Å². The number of nitrogens with zero attached hydrogens (tertiary/aromatic N) is 3. The molecule has 2 heterocycles. The van der Waals surface area contributed by atoms with E-state index in [2.05, 4.69) is 10.2 Å². The average molecular weight is 520 g/mol. The molecule has 4 nitrogen and oxygen atoms in total. The Labute approximate surface area is 223 Å². The summed E-state index contributed by atoms with van der Waals surface area (Å²) in [4.78, 5) is 11.0. The maximum atomic E-state index is 11.0. The largest absolute Gasteiger partial charge is 0.298 e. The van der Waals surface area contributed by atoms with Crippen LogP contribution in [0.3, 0.4) is 0 Å². The van der Waals surface area contributed by atoms with E-state index in [0.717, 1.165) is 45.2 Å². The van der Waals surface area contributed by atoms with Crippen LogP contribution in [0.2, 0.25) is 10.0 Å². The first-order valence-electron chi connectivity index (χ1n) is 11.7. The highest BCUT2D eigenvalue weighted by Crippen LogP contribution is 2.42. The third-order valence-corrected chi connectivity index (χ3v) is 7.21. The molecule has 0 N–H and O–H groups in total. The number of carbonyl (C=O) groups is 1. The number of aldehydes is 1. The minimum Gasteiger partial charge on any atom is -0.298 e. The number of hydrogen-bond acceptors (Lipinski definition) is 3. The van der Waals surface area contributed by atoms with E-state index in [1.807, 2.05) is 102 Å². The van der Waals surface area contributed by atoms with E-state index in [0.29, 0.717) is 27.1 Å². The minimum absolute atomic E-state index is 0.614. The lowest BCUT2D eigenvalue weighted by atomic mass is 9.96. The number of hydrogen-bond donors (Lipinski definition) is 0. The molecule has 6 heteroatoms. The number of fused-ring (bicyclic) bond motifs is 1. The van der Waals surface area contributed by atoms with Gasteiger partial charge in [0.05, 0.1) is 10.0 Å². The predicted octanol–water partition coefficient (Wildman–Crippen LogP) is 8.52. The fourth-order valence-corrected chi connectivity index (χ4v) is 5.18. The van der Waals surface area contributed by atoms with E-state index < -0.39 is 0 Å². The number of aromatic nitrogens is 3. The van der Waals surface area contributed by atoms with Crippen LogP contribution in [0.4, 0.5) is 0 Å². The van der Waals surface area contributed by atoms with E-state index in [-0.39, 0.29) is 0 Å². The maximum Gasteiger partial charge on any atom is 0.168 e. The fourth-order valence-electron chi connectivity index (χ4n) is 4.51. The molecule has 0 fully saturated rings. The molecule has 0 atom stereocenters. The number of rotatable bonds is 5. The smallest absolute Gasteiger partial charge is 0.168 e. The Kier molecular flexibility index (Phi) is 6.05. The summed E-state index contributed by atoms with van der Waals surface area (Å²) in [5, 5.41) is 10.0. The van der Waals surface area contributed by atoms with Crippen LogP contribution in [-0.4, -0.2) is 20.9 Å². The molecule has 6 aromatic rings. The fraction of sp³-hybridized carbons (Fsp3) is 0. The Bertz CT molecular complexity index is 1760. The molecule has 0 amide bonds. The van der Waals surface area contributed by atoms with Gasteiger partial charge in [0.25, 0.3) is 0 Å². The van der Waals surface area contributed by atoms with E-state index in [9.17, 15) is 4.79 Å². The molecule has 0 radical (unpaired) electrons. The molecule has 0 bridgehead atoms. The van der Waals surface area contributed by atoms with Crippen LogP contribution in [0.15, 0.2) is 109 Å². The first-order valence-corrected chi connectivity index (χ1v) is 12.4. The van der Waals surface area contributed by atoms with Gasteiger partial charge in [0, 0.05) is 39.6 Å². The van der Waals surface area contributed by atoms with Crippen LogP contribution < -0.4 is 0 Å². The van der Waals surface area contributed by atoms with Crippen molar-refractivity contribution in [2.75, 3.05) is 0 Å². The molecule has 0 saturated heterocycles. The molecule has 0 aliphatic heterocycles. The molecule has 0 aliphatic carbocycles.